The van der Waals surface area contributed by atoms with Gasteiger partial charge in [-0.25, -0.2) is 0 Å². The minimum atomic E-state index is -0.607. The average Bonchev–Trinajstić information content (AvgIpc) is 2.89. The maximum absolute atomic E-state index is 13.6. The first-order valence-corrected chi connectivity index (χ1v) is 12.9. The Labute approximate surface area is 219 Å². The number of carbonyl (C=O) groups excluding carboxylic acids is 2. The Bertz CT molecular complexity index is 1090. The number of amides is 2. The van der Waals surface area contributed by atoms with E-state index >= 15 is 0 Å². The molecule has 0 radical (unpaired) electrons. The summed E-state index contributed by atoms with van der Waals surface area (Å²) in [4.78, 5) is 28.6. The quantitative estimate of drug-likeness (QED) is 0.290. The predicted octanol–water partition coefficient (Wildman–Crippen LogP) is 5.97. The van der Waals surface area contributed by atoms with E-state index in [0.29, 0.717) is 43.3 Å². The number of hydrogen-bond acceptors (Lipinski definition) is 3. The zero-order valence-corrected chi connectivity index (χ0v) is 21.8. The smallest absolute Gasteiger partial charge is 0.243 e. The molecule has 0 spiro atoms. The predicted molar refractivity (Wildman–Crippen MR) is 145 cm³/mol. The molecular weight excluding hydrogens is 472 g/mol. The second kappa shape index (κ2) is 14.3. The van der Waals surface area contributed by atoms with Crippen molar-refractivity contribution in [2.24, 2.45) is 0 Å². The van der Waals surface area contributed by atoms with E-state index in [1.165, 1.54) is 0 Å². The molecule has 36 heavy (non-hydrogen) atoms. The zero-order valence-electron chi connectivity index (χ0n) is 21.1. The number of nitrogens with one attached hydrogen (secondary N) is 1. The van der Waals surface area contributed by atoms with Gasteiger partial charge in [0.05, 0.1) is 6.61 Å². The van der Waals surface area contributed by atoms with Crippen LogP contribution in [0.15, 0.2) is 78.9 Å². The molecule has 3 rings (SSSR count). The number of rotatable bonds is 13. The second-order valence-corrected chi connectivity index (χ2v) is 9.35. The molecular formula is C30H35ClN2O3. The molecule has 6 heteroatoms. The van der Waals surface area contributed by atoms with Gasteiger partial charge in [0, 0.05) is 31.0 Å². The summed E-state index contributed by atoms with van der Waals surface area (Å²) in [5, 5.41) is 3.66. The van der Waals surface area contributed by atoms with Gasteiger partial charge in [-0.3, -0.25) is 9.59 Å². The van der Waals surface area contributed by atoms with E-state index in [1.807, 2.05) is 80.6 Å². The van der Waals surface area contributed by atoms with Crippen LogP contribution in [0.2, 0.25) is 5.02 Å². The molecule has 0 fully saturated rings. The van der Waals surface area contributed by atoms with Crippen molar-refractivity contribution in [1.29, 1.82) is 0 Å². The van der Waals surface area contributed by atoms with Crippen molar-refractivity contribution in [2.75, 3.05) is 13.2 Å². The minimum absolute atomic E-state index is 0.0668. The number of benzene rings is 3. The van der Waals surface area contributed by atoms with Crippen LogP contribution in [-0.4, -0.2) is 35.9 Å². The van der Waals surface area contributed by atoms with Gasteiger partial charge in [0.25, 0.3) is 0 Å². The van der Waals surface area contributed by atoms with Crippen molar-refractivity contribution in [3.05, 3.63) is 101 Å². The fourth-order valence-corrected chi connectivity index (χ4v) is 4.02. The van der Waals surface area contributed by atoms with Crippen LogP contribution in [0.1, 0.15) is 42.9 Å². The standard InChI is InChI=1S/C30H35ClN2O3/c1-3-19-32-30(35)28(21-24-8-5-4-6-9-24)33(22-25-13-11-23(2)12-14-25)29(34)10-7-20-36-27-17-15-26(31)16-18-27/h4-6,8-9,11-18,28H,3,7,10,19-22H2,1-2H3,(H,32,35). The van der Waals surface area contributed by atoms with Crippen LogP contribution in [0.3, 0.4) is 0 Å². The van der Waals surface area contributed by atoms with Crippen LogP contribution in [0.25, 0.3) is 0 Å². The van der Waals surface area contributed by atoms with Crippen molar-refractivity contribution in [3.63, 3.8) is 0 Å². The number of nitrogens with zero attached hydrogens (tertiary/aromatic N) is 1. The summed E-state index contributed by atoms with van der Waals surface area (Å²) in [6.45, 7) is 5.39. The largest absolute Gasteiger partial charge is 0.494 e. The third-order valence-electron chi connectivity index (χ3n) is 5.91. The Balaban J connectivity index is 1.76. The van der Waals surface area contributed by atoms with Crippen LogP contribution in [0.4, 0.5) is 0 Å². The van der Waals surface area contributed by atoms with Crippen LogP contribution >= 0.6 is 11.6 Å². The van der Waals surface area contributed by atoms with Crippen molar-refractivity contribution >= 4 is 23.4 Å². The SMILES string of the molecule is CCCNC(=O)C(Cc1ccccc1)N(Cc1ccc(C)cc1)C(=O)CCCOc1ccc(Cl)cc1. The molecule has 3 aromatic carbocycles. The lowest BCUT2D eigenvalue weighted by Crippen LogP contribution is -2.50. The lowest BCUT2D eigenvalue weighted by molar-refractivity contribution is -0.141. The van der Waals surface area contributed by atoms with Crippen LogP contribution in [0.5, 0.6) is 5.75 Å². The van der Waals surface area contributed by atoms with Gasteiger partial charge in [-0.2, -0.15) is 0 Å². The molecule has 2 amide bonds. The Morgan fingerprint density at radius 2 is 1.64 bits per heavy atom. The Morgan fingerprint density at radius 1 is 0.944 bits per heavy atom. The molecule has 0 saturated carbocycles. The van der Waals surface area contributed by atoms with Gasteiger partial charge >= 0.3 is 0 Å². The molecule has 0 heterocycles. The molecule has 0 aliphatic rings. The van der Waals surface area contributed by atoms with Gasteiger partial charge in [0.2, 0.25) is 11.8 Å². The van der Waals surface area contributed by atoms with Crippen LogP contribution in [0, 0.1) is 6.92 Å². The van der Waals surface area contributed by atoms with E-state index in [9.17, 15) is 9.59 Å². The molecule has 1 atom stereocenters. The topological polar surface area (TPSA) is 58.6 Å². The Morgan fingerprint density at radius 3 is 2.31 bits per heavy atom. The first kappa shape index (κ1) is 27.3. The summed E-state index contributed by atoms with van der Waals surface area (Å²) in [5.74, 6) is 0.519. The lowest BCUT2D eigenvalue weighted by Gasteiger charge is -2.31. The molecule has 0 bridgehead atoms. The summed E-state index contributed by atoms with van der Waals surface area (Å²) in [5.41, 5.74) is 3.16. The zero-order chi connectivity index (χ0) is 25.8. The average molecular weight is 507 g/mol. The first-order chi connectivity index (χ1) is 17.5. The monoisotopic (exact) mass is 506 g/mol. The van der Waals surface area contributed by atoms with Crippen LogP contribution in [-0.2, 0) is 22.6 Å². The highest BCUT2D eigenvalue weighted by molar-refractivity contribution is 6.30. The molecule has 0 saturated heterocycles. The molecule has 5 nitrogen and oxygen atoms in total. The molecule has 3 aromatic rings. The molecule has 0 aliphatic heterocycles. The van der Waals surface area contributed by atoms with Crippen molar-refractivity contribution in [2.45, 2.75) is 52.1 Å². The van der Waals surface area contributed by atoms with E-state index < -0.39 is 6.04 Å². The summed E-state index contributed by atoms with van der Waals surface area (Å²) in [6.07, 6.45) is 2.11. The fraction of sp³-hybridized carbons (Fsp3) is 0.333. The highest BCUT2D eigenvalue weighted by Gasteiger charge is 2.30. The Hall–Kier alpha value is -3.31. The van der Waals surface area contributed by atoms with Crippen molar-refractivity contribution in [1.82, 2.24) is 10.2 Å². The number of carbonyl (C=O) groups is 2. The fourth-order valence-electron chi connectivity index (χ4n) is 3.90. The third kappa shape index (κ3) is 8.72. The summed E-state index contributed by atoms with van der Waals surface area (Å²) in [6, 6.07) is 24.5. The van der Waals surface area contributed by atoms with Crippen molar-refractivity contribution < 1.29 is 14.3 Å². The summed E-state index contributed by atoms with van der Waals surface area (Å²) >= 11 is 5.93. The minimum Gasteiger partial charge on any atom is -0.494 e. The maximum Gasteiger partial charge on any atom is 0.243 e. The van der Waals surface area contributed by atoms with E-state index in [2.05, 4.69) is 5.32 Å². The highest BCUT2D eigenvalue weighted by atomic mass is 35.5. The van der Waals surface area contributed by atoms with Crippen molar-refractivity contribution in [3.8, 4) is 5.75 Å². The maximum atomic E-state index is 13.6. The second-order valence-electron chi connectivity index (χ2n) is 8.91. The summed E-state index contributed by atoms with van der Waals surface area (Å²) in [7, 11) is 0. The summed E-state index contributed by atoms with van der Waals surface area (Å²) < 4.78 is 5.77. The number of aryl methyl sites for hydroxylation is 1. The van der Waals surface area contributed by atoms with E-state index in [1.54, 1.807) is 17.0 Å². The molecule has 190 valence electrons. The molecule has 0 aromatic heterocycles. The van der Waals surface area contributed by atoms with Gasteiger partial charge in [-0.1, -0.05) is 78.7 Å². The van der Waals surface area contributed by atoms with Gasteiger partial charge in [0.15, 0.2) is 0 Å². The highest BCUT2D eigenvalue weighted by Crippen LogP contribution is 2.18. The van der Waals surface area contributed by atoms with E-state index in [0.717, 1.165) is 23.1 Å². The molecule has 1 unspecified atom stereocenters. The van der Waals surface area contributed by atoms with Gasteiger partial charge in [0.1, 0.15) is 11.8 Å². The van der Waals surface area contributed by atoms with E-state index in [4.69, 9.17) is 16.3 Å². The number of ether oxygens (including phenoxy) is 1. The normalized spacial score (nSPS) is 11.5. The van der Waals surface area contributed by atoms with Crippen LogP contribution < -0.4 is 10.1 Å². The molecule has 1 N–H and O–H groups in total. The third-order valence-corrected chi connectivity index (χ3v) is 6.16. The Kier molecular flexibility index (Phi) is 10.8. The molecule has 0 aliphatic carbocycles. The van der Waals surface area contributed by atoms with E-state index in [-0.39, 0.29) is 18.2 Å². The van der Waals surface area contributed by atoms with Gasteiger partial charge in [-0.15, -0.1) is 0 Å². The number of hydrogen-bond donors (Lipinski definition) is 1. The number of halogens is 1. The first-order valence-electron chi connectivity index (χ1n) is 12.5. The van der Waals surface area contributed by atoms with Gasteiger partial charge < -0.3 is 15.0 Å². The lowest BCUT2D eigenvalue weighted by atomic mass is 10.0. The van der Waals surface area contributed by atoms with Gasteiger partial charge in [-0.05, 0) is 55.2 Å².